The summed E-state index contributed by atoms with van der Waals surface area (Å²) >= 11 is 9.85. The van der Waals surface area contributed by atoms with Crippen molar-refractivity contribution < 1.29 is 9.59 Å². The minimum Gasteiger partial charge on any atom is -0.361 e. The summed E-state index contributed by atoms with van der Waals surface area (Å²) in [6.45, 7) is 5.50. The van der Waals surface area contributed by atoms with Gasteiger partial charge in [0, 0.05) is 13.1 Å². The zero-order valence-electron chi connectivity index (χ0n) is 12.9. The number of nitrogens with one attached hydrogen (secondary N) is 6. The lowest BCUT2D eigenvalue weighted by Crippen LogP contribution is -2.55. The fraction of sp³-hybridized carbons (Fsp3) is 0.667. The summed E-state index contributed by atoms with van der Waals surface area (Å²) in [6, 6.07) is 0. The quantitative estimate of drug-likeness (QED) is 0.166. The van der Waals surface area contributed by atoms with Crippen LogP contribution in [0, 0.1) is 0 Å². The van der Waals surface area contributed by atoms with Crippen molar-refractivity contribution in [3.8, 4) is 0 Å². The van der Waals surface area contributed by atoms with Gasteiger partial charge in [-0.05, 0) is 37.3 Å². The Morgan fingerprint density at radius 3 is 1.41 bits per heavy atom. The highest BCUT2D eigenvalue weighted by molar-refractivity contribution is 7.80. The van der Waals surface area contributed by atoms with Gasteiger partial charge in [0.15, 0.2) is 10.2 Å². The van der Waals surface area contributed by atoms with Gasteiger partial charge in [0.1, 0.15) is 0 Å². The number of carbonyl (C=O) groups excluding carboxylic acids is 2. The van der Waals surface area contributed by atoms with Crippen molar-refractivity contribution >= 4 is 46.5 Å². The molecule has 0 rings (SSSR count). The predicted octanol–water partition coefficient (Wildman–Crippen LogP) is -0.423. The van der Waals surface area contributed by atoms with Gasteiger partial charge in [-0.2, -0.15) is 0 Å². The summed E-state index contributed by atoms with van der Waals surface area (Å²) in [5, 5.41) is 6.27. The normalized spacial score (nSPS) is 9.36. The van der Waals surface area contributed by atoms with E-state index in [4.69, 9.17) is 24.4 Å². The van der Waals surface area contributed by atoms with Crippen molar-refractivity contribution in [2.24, 2.45) is 0 Å². The maximum atomic E-state index is 11.5. The van der Waals surface area contributed by atoms with Crippen LogP contribution in [0.5, 0.6) is 0 Å². The van der Waals surface area contributed by atoms with Crippen LogP contribution in [-0.2, 0) is 9.59 Å². The molecule has 0 aromatic carbocycles. The molecule has 126 valence electrons. The van der Waals surface area contributed by atoms with Gasteiger partial charge in [0.05, 0.1) is 0 Å². The minimum absolute atomic E-state index is 0.249. The average molecular weight is 348 g/mol. The van der Waals surface area contributed by atoms with Gasteiger partial charge >= 0.3 is 11.8 Å². The molecular weight excluding hydrogens is 324 g/mol. The molecule has 6 N–H and O–H groups in total. The number of hydrogen-bond donors (Lipinski definition) is 6. The van der Waals surface area contributed by atoms with Gasteiger partial charge in [0.25, 0.3) is 0 Å². The monoisotopic (exact) mass is 348 g/mol. The van der Waals surface area contributed by atoms with E-state index in [1.807, 2.05) is 0 Å². The third kappa shape index (κ3) is 11.0. The van der Waals surface area contributed by atoms with Crippen LogP contribution >= 0.6 is 24.4 Å². The first kappa shape index (κ1) is 20.3. The standard InChI is InChI=1S/C12H24N6O2S2/c1-3-5-7-13-11(21)17-15-9(19)10(20)16-18-12(22)14-8-6-4-2/h3-8H2,1-2H3,(H,15,19)(H,16,20)(H2,13,17,21)(H2,14,18,22). The van der Waals surface area contributed by atoms with E-state index >= 15 is 0 Å². The number of rotatable bonds is 6. The number of unbranched alkanes of at least 4 members (excludes halogenated alkanes) is 2. The summed E-state index contributed by atoms with van der Waals surface area (Å²) in [5.41, 5.74) is 9.22. The number of carbonyl (C=O) groups is 2. The minimum atomic E-state index is -0.886. The number of hydrazine groups is 2. The fourth-order valence-electron chi connectivity index (χ4n) is 1.19. The molecular formula is C12H24N6O2S2. The second-order valence-corrected chi connectivity index (χ2v) is 5.19. The highest BCUT2D eigenvalue weighted by Crippen LogP contribution is 1.82. The second-order valence-electron chi connectivity index (χ2n) is 4.38. The van der Waals surface area contributed by atoms with Crippen LogP contribution in [0.25, 0.3) is 0 Å². The van der Waals surface area contributed by atoms with Crippen molar-refractivity contribution in [3.63, 3.8) is 0 Å². The molecule has 2 amide bonds. The van der Waals surface area contributed by atoms with Crippen LogP contribution in [-0.4, -0.2) is 35.1 Å². The van der Waals surface area contributed by atoms with Gasteiger partial charge in [-0.3, -0.25) is 31.3 Å². The maximum Gasteiger partial charge on any atom is 0.329 e. The Morgan fingerprint density at radius 1 is 0.727 bits per heavy atom. The zero-order valence-corrected chi connectivity index (χ0v) is 14.5. The average Bonchev–Trinajstić information content (AvgIpc) is 2.50. The first-order chi connectivity index (χ1) is 10.5. The Kier molecular flexibility index (Phi) is 12.0. The van der Waals surface area contributed by atoms with Crippen LogP contribution < -0.4 is 32.3 Å². The molecule has 0 aliphatic rings. The van der Waals surface area contributed by atoms with Crippen molar-refractivity contribution in [2.45, 2.75) is 39.5 Å². The van der Waals surface area contributed by atoms with Gasteiger partial charge in [-0.25, -0.2) is 0 Å². The number of thiocarbonyl (C=S) groups is 2. The third-order valence-corrected chi connectivity index (χ3v) is 2.91. The molecule has 0 unspecified atom stereocenters. The van der Waals surface area contributed by atoms with E-state index in [2.05, 4.69) is 46.2 Å². The first-order valence-corrected chi connectivity index (χ1v) is 8.00. The lowest BCUT2D eigenvalue weighted by atomic mass is 10.3. The Hall–Kier alpha value is -1.68. The molecule has 0 atom stereocenters. The second kappa shape index (κ2) is 13.0. The van der Waals surface area contributed by atoms with E-state index in [0.29, 0.717) is 13.1 Å². The molecule has 0 saturated carbocycles. The van der Waals surface area contributed by atoms with E-state index in [-0.39, 0.29) is 10.2 Å². The van der Waals surface area contributed by atoms with Gasteiger partial charge in [-0.1, -0.05) is 26.7 Å². The highest BCUT2D eigenvalue weighted by atomic mass is 32.1. The van der Waals surface area contributed by atoms with E-state index in [0.717, 1.165) is 25.7 Å². The van der Waals surface area contributed by atoms with Crippen LogP contribution in [0.3, 0.4) is 0 Å². The van der Waals surface area contributed by atoms with Crippen LogP contribution in [0.4, 0.5) is 0 Å². The summed E-state index contributed by atoms with van der Waals surface area (Å²) in [5.74, 6) is -1.77. The molecule has 0 saturated heterocycles. The summed E-state index contributed by atoms with van der Waals surface area (Å²) in [7, 11) is 0. The molecule has 0 aliphatic carbocycles. The number of hydrogen-bond acceptors (Lipinski definition) is 4. The fourth-order valence-corrected chi connectivity index (χ4v) is 1.49. The molecule has 8 nitrogen and oxygen atoms in total. The Morgan fingerprint density at radius 2 is 1.09 bits per heavy atom. The van der Waals surface area contributed by atoms with Crippen molar-refractivity contribution in [3.05, 3.63) is 0 Å². The van der Waals surface area contributed by atoms with Crippen molar-refractivity contribution in [2.75, 3.05) is 13.1 Å². The van der Waals surface area contributed by atoms with Gasteiger partial charge in [0.2, 0.25) is 0 Å². The van der Waals surface area contributed by atoms with Crippen molar-refractivity contribution in [1.29, 1.82) is 0 Å². The Labute approximate surface area is 141 Å². The highest BCUT2D eigenvalue weighted by Gasteiger charge is 2.13. The summed E-state index contributed by atoms with van der Waals surface area (Å²) < 4.78 is 0. The third-order valence-electron chi connectivity index (χ3n) is 2.42. The van der Waals surface area contributed by atoms with Crippen LogP contribution in [0.1, 0.15) is 39.5 Å². The molecule has 0 bridgehead atoms. The molecule has 22 heavy (non-hydrogen) atoms. The topological polar surface area (TPSA) is 106 Å². The van der Waals surface area contributed by atoms with Gasteiger partial charge in [-0.15, -0.1) is 0 Å². The van der Waals surface area contributed by atoms with Crippen molar-refractivity contribution in [1.82, 2.24) is 32.3 Å². The largest absolute Gasteiger partial charge is 0.361 e. The van der Waals surface area contributed by atoms with Crippen LogP contribution in [0.2, 0.25) is 0 Å². The van der Waals surface area contributed by atoms with E-state index in [1.165, 1.54) is 0 Å². The first-order valence-electron chi connectivity index (χ1n) is 7.19. The zero-order chi connectivity index (χ0) is 16.8. The molecule has 10 heteroatoms. The SMILES string of the molecule is CCCCNC(=S)NNC(=O)C(=O)NNC(=S)NCCCC. The summed E-state index contributed by atoms with van der Waals surface area (Å²) in [6.07, 6.45) is 3.98. The molecule has 0 spiro atoms. The van der Waals surface area contributed by atoms with Gasteiger partial charge < -0.3 is 10.6 Å². The van der Waals surface area contributed by atoms with E-state index in [9.17, 15) is 9.59 Å². The smallest absolute Gasteiger partial charge is 0.329 e. The Balaban J connectivity index is 3.80. The van der Waals surface area contributed by atoms with E-state index < -0.39 is 11.8 Å². The summed E-state index contributed by atoms with van der Waals surface area (Å²) in [4.78, 5) is 22.9. The molecule has 0 aromatic rings. The molecule has 0 aromatic heterocycles. The lowest BCUT2D eigenvalue weighted by Gasteiger charge is -2.12. The molecule has 0 radical (unpaired) electrons. The number of amides is 2. The molecule has 0 aliphatic heterocycles. The molecule has 0 heterocycles. The lowest BCUT2D eigenvalue weighted by molar-refractivity contribution is -0.139. The van der Waals surface area contributed by atoms with Crippen LogP contribution in [0.15, 0.2) is 0 Å². The predicted molar refractivity (Wildman–Crippen MR) is 93.6 cm³/mol. The Bertz CT molecular complexity index is 356. The molecule has 0 fully saturated rings. The maximum absolute atomic E-state index is 11.5. The van der Waals surface area contributed by atoms with E-state index in [1.54, 1.807) is 0 Å².